The van der Waals surface area contributed by atoms with Crippen molar-refractivity contribution in [2.45, 2.75) is 26.1 Å². The van der Waals surface area contributed by atoms with E-state index >= 15 is 0 Å². The summed E-state index contributed by atoms with van der Waals surface area (Å²) < 4.78 is 48.3. The Morgan fingerprint density at radius 1 is 1.12 bits per heavy atom. The third-order valence-electron chi connectivity index (χ3n) is 6.66. The number of aromatic nitrogens is 5. The number of anilines is 1. The van der Waals surface area contributed by atoms with Crippen LogP contribution >= 0.6 is 11.6 Å². The predicted octanol–water partition coefficient (Wildman–Crippen LogP) is 4.86. The third kappa shape index (κ3) is 6.24. The van der Waals surface area contributed by atoms with Crippen LogP contribution in [0.2, 0.25) is 5.02 Å². The number of imidazole rings is 2. The molecule has 6 rings (SSSR count). The van der Waals surface area contributed by atoms with Crippen molar-refractivity contribution in [3.63, 3.8) is 0 Å². The maximum atomic E-state index is 13.7. The van der Waals surface area contributed by atoms with Gasteiger partial charge in [0.15, 0.2) is 5.84 Å². The molecule has 2 aliphatic heterocycles. The van der Waals surface area contributed by atoms with Crippen LogP contribution in [-0.2, 0) is 11.0 Å². The van der Waals surface area contributed by atoms with Gasteiger partial charge in [-0.2, -0.15) is 13.2 Å². The summed E-state index contributed by atoms with van der Waals surface area (Å²) in [6, 6.07) is 7.31. The SMILES string of the molecule is COc1nc(C2=NOCC3CN(c4ccc(Cl)cc4C(F)(F)F)CCN23)ccc1-n1cnc(C)c1.Cc1cnc[nH]1. The summed E-state index contributed by atoms with van der Waals surface area (Å²) in [7, 11) is 1.53. The van der Waals surface area contributed by atoms with Gasteiger partial charge in [-0.25, -0.2) is 15.0 Å². The number of ether oxygens (including phenoxy) is 1. The molecule has 14 heteroatoms. The highest BCUT2D eigenvalue weighted by molar-refractivity contribution is 6.30. The highest BCUT2D eigenvalue weighted by Crippen LogP contribution is 2.39. The Balaban J connectivity index is 0.000000500. The molecule has 216 valence electrons. The molecule has 3 aromatic heterocycles. The fraction of sp³-hybridized carbons (Fsp3) is 0.333. The van der Waals surface area contributed by atoms with Crippen LogP contribution < -0.4 is 9.64 Å². The van der Waals surface area contributed by atoms with Crippen LogP contribution in [0.3, 0.4) is 0 Å². The van der Waals surface area contributed by atoms with Crippen molar-refractivity contribution in [1.82, 2.24) is 29.4 Å². The Bertz CT molecular complexity index is 1520. The number of piperazine rings is 1. The van der Waals surface area contributed by atoms with Crippen molar-refractivity contribution in [3.8, 4) is 11.6 Å². The van der Waals surface area contributed by atoms with Gasteiger partial charge < -0.3 is 28.9 Å². The van der Waals surface area contributed by atoms with E-state index < -0.39 is 11.7 Å². The number of oxime groups is 1. The topological polar surface area (TPSA) is 96.7 Å². The number of fused-ring (bicyclic) bond motifs is 1. The quantitative estimate of drug-likeness (QED) is 0.364. The Kier molecular flexibility index (Phi) is 8.06. The standard InChI is InChI=1S/C23H22ClF3N6O2.C4H6N2/c1-14-10-32(13-28-14)20-6-4-18(29-22(20)34-2)21-30-35-12-16-11-31(7-8-33(16)21)19-5-3-15(24)9-17(19)23(25,26)27;1-4-2-5-3-6-4/h3-6,9-10,13,16H,7-8,11-12H2,1-2H3;2-3H,1H3,(H,5,6). The summed E-state index contributed by atoms with van der Waals surface area (Å²) in [6.45, 7) is 5.24. The van der Waals surface area contributed by atoms with E-state index in [1.807, 2.05) is 41.6 Å². The first kappa shape index (κ1) is 28.3. The first-order chi connectivity index (χ1) is 19.6. The van der Waals surface area contributed by atoms with Crippen LogP contribution in [0.5, 0.6) is 5.88 Å². The number of aromatic amines is 1. The molecule has 10 nitrogen and oxygen atoms in total. The molecule has 1 unspecified atom stereocenters. The average Bonchev–Trinajstić information content (AvgIpc) is 3.62. The summed E-state index contributed by atoms with van der Waals surface area (Å²) in [5, 5.41) is 4.27. The van der Waals surface area contributed by atoms with Gasteiger partial charge in [0.1, 0.15) is 18.0 Å². The van der Waals surface area contributed by atoms with Crippen LogP contribution in [0.15, 0.2) is 60.5 Å². The lowest BCUT2D eigenvalue weighted by atomic mass is 10.1. The number of aryl methyl sites for hydroxylation is 2. The second-order valence-electron chi connectivity index (χ2n) is 9.54. The molecule has 0 spiro atoms. The number of halogens is 4. The second-order valence-corrected chi connectivity index (χ2v) is 9.98. The lowest BCUT2D eigenvalue weighted by Crippen LogP contribution is -2.59. The minimum atomic E-state index is -4.51. The number of amidine groups is 1. The zero-order valence-electron chi connectivity index (χ0n) is 22.6. The van der Waals surface area contributed by atoms with E-state index in [1.165, 1.54) is 19.2 Å². The Morgan fingerprint density at radius 2 is 1.93 bits per heavy atom. The number of hydrogen-bond acceptors (Lipinski definition) is 8. The number of nitrogens with zero attached hydrogens (tertiary/aromatic N) is 7. The maximum Gasteiger partial charge on any atom is 0.418 e. The molecular weight excluding hydrogens is 561 g/mol. The van der Waals surface area contributed by atoms with Gasteiger partial charge in [0.2, 0.25) is 5.88 Å². The number of rotatable bonds is 4. The Labute approximate surface area is 239 Å². The molecule has 0 bridgehead atoms. The molecule has 1 atom stereocenters. The summed E-state index contributed by atoms with van der Waals surface area (Å²) >= 11 is 5.85. The van der Waals surface area contributed by atoms with Crippen molar-refractivity contribution >= 4 is 23.1 Å². The molecule has 2 aliphatic rings. The van der Waals surface area contributed by atoms with Gasteiger partial charge in [-0.15, -0.1) is 0 Å². The van der Waals surface area contributed by atoms with Crippen molar-refractivity contribution in [2.24, 2.45) is 5.16 Å². The highest BCUT2D eigenvalue weighted by Gasteiger charge is 2.39. The maximum absolute atomic E-state index is 13.7. The minimum Gasteiger partial charge on any atom is -0.479 e. The summed E-state index contributed by atoms with van der Waals surface area (Å²) in [5.41, 5.74) is 2.58. The van der Waals surface area contributed by atoms with Crippen LogP contribution in [0.4, 0.5) is 18.9 Å². The monoisotopic (exact) mass is 588 g/mol. The minimum absolute atomic E-state index is 0.0458. The molecule has 5 heterocycles. The van der Waals surface area contributed by atoms with E-state index in [4.69, 9.17) is 21.2 Å². The first-order valence-corrected chi connectivity index (χ1v) is 13.1. The largest absolute Gasteiger partial charge is 0.479 e. The second kappa shape index (κ2) is 11.7. The van der Waals surface area contributed by atoms with Crippen LogP contribution in [0.1, 0.15) is 22.6 Å². The molecule has 0 saturated carbocycles. The van der Waals surface area contributed by atoms with Gasteiger partial charge in [-0.3, -0.25) is 0 Å². The van der Waals surface area contributed by atoms with Crippen molar-refractivity contribution < 1.29 is 22.7 Å². The van der Waals surface area contributed by atoms with E-state index in [0.29, 0.717) is 37.0 Å². The zero-order chi connectivity index (χ0) is 29.1. The molecule has 0 amide bonds. The molecule has 1 N–H and O–H groups in total. The van der Waals surface area contributed by atoms with Gasteiger partial charge in [0, 0.05) is 48.4 Å². The number of benzene rings is 1. The van der Waals surface area contributed by atoms with Crippen molar-refractivity contribution in [1.29, 1.82) is 0 Å². The summed E-state index contributed by atoms with van der Waals surface area (Å²) in [5.74, 6) is 0.902. The van der Waals surface area contributed by atoms with Crippen molar-refractivity contribution in [3.05, 3.63) is 83.0 Å². The van der Waals surface area contributed by atoms with Crippen LogP contribution in [0.25, 0.3) is 5.69 Å². The Morgan fingerprint density at radius 3 is 2.56 bits per heavy atom. The molecule has 1 fully saturated rings. The summed E-state index contributed by atoms with van der Waals surface area (Å²) in [6.07, 6.45) is 2.47. The number of nitrogens with one attached hydrogen (secondary N) is 1. The first-order valence-electron chi connectivity index (χ1n) is 12.7. The van der Waals surface area contributed by atoms with E-state index in [9.17, 15) is 13.2 Å². The van der Waals surface area contributed by atoms with Gasteiger partial charge in [-0.1, -0.05) is 16.8 Å². The molecule has 41 heavy (non-hydrogen) atoms. The number of methoxy groups -OCH3 is 1. The third-order valence-corrected chi connectivity index (χ3v) is 6.90. The van der Waals surface area contributed by atoms with E-state index in [-0.39, 0.29) is 23.4 Å². The lowest BCUT2D eigenvalue weighted by Gasteiger charge is -2.45. The molecule has 1 aromatic carbocycles. The normalized spacial score (nSPS) is 16.8. The summed E-state index contributed by atoms with van der Waals surface area (Å²) in [4.78, 5) is 24.7. The zero-order valence-corrected chi connectivity index (χ0v) is 23.3. The number of hydrogen-bond donors (Lipinski definition) is 1. The van der Waals surface area contributed by atoms with E-state index in [2.05, 4.69) is 25.1 Å². The molecule has 0 radical (unpaired) electrons. The highest BCUT2D eigenvalue weighted by atomic mass is 35.5. The van der Waals surface area contributed by atoms with Crippen molar-refractivity contribution in [2.75, 3.05) is 38.3 Å². The smallest absolute Gasteiger partial charge is 0.418 e. The number of H-pyrrole nitrogens is 1. The molecule has 4 aromatic rings. The lowest BCUT2D eigenvalue weighted by molar-refractivity contribution is -0.137. The van der Waals surface area contributed by atoms with Crippen LogP contribution in [0, 0.1) is 13.8 Å². The van der Waals surface area contributed by atoms with E-state index in [1.54, 1.807) is 23.8 Å². The molecular formula is C27H28ClF3N8O2. The van der Waals surface area contributed by atoms with Gasteiger partial charge in [0.05, 0.1) is 37.1 Å². The Hall–Kier alpha value is -4.26. The van der Waals surface area contributed by atoms with Gasteiger partial charge in [-0.05, 0) is 44.2 Å². The fourth-order valence-corrected chi connectivity index (χ4v) is 4.89. The van der Waals surface area contributed by atoms with Gasteiger partial charge >= 0.3 is 6.18 Å². The van der Waals surface area contributed by atoms with E-state index in [0.717, 1.165) is 23.1 Å². The number of pyridine rings is 1. The van der Waals surface area contributed by atoms with Crippen LogP contribution in [-0.4, -0.2) is 74.6 Å². The predicted molar refractivity (Wildman–Crippen MR) is 148 cm³/mol. The molecule has 1 saturated heterocycles. The average molecular weight is 589 g/mol. The number of alkyl halides is 3. The molecule has 0 aliphatic carbocycles. The van der Waals surface area contributed by atoms with Gasteiger partial charge in [0.25, 0.3) is 0 Å². The fourth-order valence-electron chi connectivity index (χ4n) is 4.72.